The second-order valence-electron chi connectivity index (χ2n) is 4.86. The molecular weight excluding hydrogens is 278 g/mol. The summed E-state index contributed by atoms with van der Waals surface area (Å²) in [6, 6.07) is 0. The van der Waals surface area contributed by atoms with Crippen LogP contribution in [0.5, 0.6) is 0 Å². The minimum Gasteiger partial charge on any atom is -0.383 e. The van der Waals surface area contributed by atoms with Crippen LogP contribution in [0.4, 0.5) is 11.5 Å². The van der Waals surface area contributed by atoms with Gasteiger partial charge in [0.2, 0.25) is 0 Å². The van der Waals surface area contributed by atoms with Gasteiger partial charge >= 0.3 is 5.69 Å². The fraction of sp³-hybridized carbons (Fsp3) is 0.417. The molecule has 7 nitrogen and oxygen atoms in total. The van der Waals surface area contributed by atoms with E-state index in [4.69, 9.17) is 5.73 Å². The van der Waals surface area contributed by atoms with Crippen molar-refractivity contribution in [2.24, 2.45) is 5.92 Å². The molecule has 0 saturated carbocycles. The van der Waals surface area contributed by atoms with Crippen LogP contribution >= 0.6 is 11.3 Å². The number of nitrogen functional groups attached to an aromatic ring is 1. The summed E-state index contributed by atoms with van der Waals surface area (Å²) in [7, 11) is 0. The summed E-state index contributed by atoms with van der Waals surface area (Å²) in [6.45, 7) is 4.78. The van der Waals surface area contributed by atoms with Gasteiger partial charge in [-0.1, -0.05) is 13.8 Å². The Morgan fingerprint density at radius 1 is 1.50 bits per heavy atom. The molecule has 0 fully saturated rings. The Morgan fingerprint density at radius 3 is 2.85 bits per heavy atom. The van der Waals surface area contributed by atoms with Gasteiger partial charge in [0, 0.05) is 11.9 Å². The highest BCUT2D eigenvalue weighted by Crippen LogP contribution is 2.13. The van der Waals surface area contributed by atoms with Crippen molar-refractivity contribution in [3.8, 4) is 0 Å². The third-order valence-corrected chi connectivity index (χ3v) is 3.35. The van der Waals surface area contributed by atoms with E-state index in [9.17, 15) is 9.59 Å². The first-order chi connectivity index (χ1) is 9.49. The molecule has 0 aliphatic heterocycles. The average molecular weight is 295 g/mol. The number of hydrogen-bond donors (Lipinski definition) is 3. The van der Waals surface area contributed by atoms with Crippen LogP contribution < -0.4 is 22.3 Å². The fourth-order valence-corrected chi connectivity index (χ4v) is 2.37. The van der Waals surface area contributed by atoms with Gasteiger partial charge in [0.25, 0.3) is 5.56 Å². The highest BCUT2D eigenvalue weighted by atomic mass is 32.1. The van der Waals surface area contributed by atoms with Crippen molar-refractivity contribution >= 4 is 22.8 Å². The smallest absolute Gasteiger partial charge is 0.330 e. The van der Waals surface area contributed by atoms with Crippen LogP contribution in [0, 0.1) is 5.92 Å². The van der Waals surface area contributed by atoms with Crippen molar-refractivity contribution in [1.82, 2.24) is 14.5 Å². The molecular formula is C12H17N5O2S. The summed E-state index contributed by atoms with van der Waals surface area (Å²) in [6.07, 6.45) is 0. The molecule has 0 radical (unpaired) electrons. The van der Waals surface area contributed by atoms with Crippen molar-refractivity contribution in [2.75, 3.05) is 11.1 Å². The number of anilines is 2. The molecule has 2 rings (SSSR count). The number of hydrogen-bond acceptors (Lipinski definition) is 6. The third-order valence-electron chi connectivity index (χ3n) is 2.72. The first-order valence-electron chi connectivity index (χ1n) is 6.22. The molecule has 0 aliphatic carbocycles. The topological polar surface area (TPSA) is 106 Å². The summed E-state index contributed by atoms with van der Waals surface area (Å²) in [5, 5.41) is 4.82. The van der Waals surface area contributed by atoms with Crippen molar-refractivity contribution in [3.05, 3.63) is 37.4 Å². The number of nitrogens with one attached hydrogen (secondary N) is 2. The molecule has 20 heavy (non-hydrogen) atoms. The largest absolute Gasteiger partial charge is 0.383 e. The quantitative estimate of drug-likeness (QED) is 0.758. The molecule has 0 saturated heterocycles. The van der Waals surface area contributed by atoms with Crippen LogP contribution in [0.1, 0.15) is 19.5 Å². The Labute approximate surface area is 119 Å². The van der Waals surface area contributed by atoms with E-state index in [-0.39, 0.29) is 17.4 Å². The van der Waals surface area contributed by atoms with Crippen molar-refractivity contribution in [2.45, 2.75) is 26.9 Å². The lowest BCUT2D eigenvalue weighted by molar-refractivity contribution is 0.508. The van der Waals surface area contributed by atoms with Gasteiger partial charge in [-0.15, -0.1) is 11.3 Å². The number of nitrogens with zero attached hydrogens (tertiary/aromatic N) is 2. The van der Waals surface area contributed by atoms with Gasteiger partial charge in [0.15, 0.2) is 0 Å². The molecule has 0 unspecified atom stereocenters. The molecule has 2 aromatic rings. The number of aromatic amines is 1. The Hall–Kier alpha value is -2.09. The summed E-state index contributed by atoms with van der Waals surface area (Å²) in [5.41, 5.74) is 7.67. The molecule has 0 amide bonds. The van der Waals surface area contributed by atoms with Crippen molar-refractivity contribution in [3.63, 3.8) is 0 Å². The number of nitrogens with two attached hydrogens (primary N) is 1. The highest BCUT2D eigenvalue weighted by Gasteiger charge is 2.13. The van der Waals surface area contributed by atoms with Crippen LogP contribution in [0.15, 0.2) is 20.5 Å². The second kappa shape index (κ2) is 5.91. The molecule has 0 bridgehead atoms. The van der Waals surface area contributed by atoms with Crippen molar-refractivity contribution in [1.29, 1.82) is 0 Å². The van der Waals surface area contributed by atoms with Gasteiger partial charge in [-0.2, -0.15) is 0 Å². The molecule has 0 spiro atoms. The predicted molar refractivity (Wildman–Crippen MR) is 80.0 cm³/mol. The molecule has 0 aliphatic rings. The molecule has 0 aromatic carbocycles. The zero-order valence-electron chi connectivity index (χ0n) is 11.3. The predicted octanol–water partition coefficient (Wildman–Crippen LogP) is 0.843. The van der Waals surface area contributed by atoms with Gasteiger partial charge in [-0.3, -0.25) is 14.3 Å². The molecule has 0 atom stereocenters. The van der Waals surface area contributed by atoms with E-state index in [2.05, 4.69) is 15.3 Å². The Morgan fingerprint density at radius 2 is 2.25 bits per heavy atom. The van der Waals surface area contributed by atoms with Crippen LogP contribution in [-0.4, -0.2) is 14.5 Å². The lowest BCUT2D eigenvalue weighted by Gasteiger charge is -2.14. The standard InChI is InChI=1S/C12H17N5O2S/c1-7(2)4-17-10(13)9(11(18)16-12(17)19)14-3-8-5-20-6-15-8/h5-7,14H,3-4,13H2,1-2H3,(H,16,18,19). The summed E-state index contributed by atoms with van der Waals surface area (Å²) >= 11 is 1.47. The van der Waals surface area contributed by atoms with Gasteiger partial charge in [-0.05, 0) is 5.92 Å². The summed E-state index contributed by atoms with van der Waals surface area (Å²) in [4.78, 5) is 30.0. The normalized spacial score (nSPS) is 10.9. The molecule has 2 heterocycles. The maximum atomic E-state index is 11.8. The van der Waals surface area contributed by atoms with E-state index in [1.807, 2.05) is 19.2 Å². The Balaban J connectivity index is 2.32. The molecule has 2 aromatic heterocycles. The number of aromatic nitrogens is 3. The lowest BCUT2D eigenvalue weighted by Crippen LogP contribution is -2.35. The summed E-state index contributed by atoms with van der Waals surface area (Å²) < 4.78 is 1.37. The number of H-pyrrole nitrogens is 1. The van der Waals surface area contributed by atoms with E-state index in [1.54, 1.807) is 5.51 Å². The average Bonchev–Trinajstić information content (AvgIpc) is 2.87. The fourth-order valence-electron chi connectivity index (χ4n) is 1.81. The lowest BCUT2D eigenvalue weighted by atomic mass is 10.2. The van der Waals surface area contributed by atoms with Crippen molar-refractivity contribution < 1.29 is 0 Å². The molecule has 4 N–H and O–H groups in total. The maximum Gasteiger partial charge on any atom is 0.330 e. The summed E-state index contributed by atoms with van der Waals surface area (Å²) in [5.74, 6) is 0.398. The SMILES string of the molecule is CC(C)Cn1c(N)c(NCc2cscn2)c(=O)[nH]c1=O. The van der Waals surface area contributed by atoms with Crippen LogP contribution in [0.2, 0.25) is 0 Å². The van der Waals surface area contributed by atoms with E-state index in [0.29, 0.717) is 13.1 Å². The van der Waals surface area contributed by atoms with Gasteiger partial charge in [0.05, 0.1) is 17.7 Å². The Kier molecular flexibility index (Phi) is 4.23. The minimum atomic E-state index is -0.511. The number of thiazole rings is 1. The zero-order chi connectivity index (χ0) is 14.7. The van der Waals surface area contributed by atoms with E-state index in [1.165, 1.54) is 15.9 Å². The highest BCUT2D eigenvalue weighted by molar-refractivity contribution is 7.07. The second-order valence-corrected chi connectivity index (χ2v) is 5.58. The first kappa shape index (κ1) is 14.3. The van der Waals surface area contributed by atoms with Gasteiger partial charge in [0.1, 0.15) is 11.5 Å². The van der Waals surface area contributed by atoms with Crippen LogP contribution in [0.3, 0.4) is 0 Å². The van der Waals surface area contributed by atoms with Crippen LogP contribution in [0.25, 0.3) is 0 Å². The van der Waals surface area contributed by atoms with Gasteiger partial charge in [-0.25, -0.2) is 9.78 Å². The monoisotopic (exact) mass is 295 g/mol. The first-order valence-corrected chi connectivity index (χ1v) is 7.17. The molecule has 8 heteroatoms. The van der Waals surface area contributed by atoms with E-state index in [0.717, 1.165) is 5.69 Å². The maximum absolute atomic E-state index is 11.8. The molecule has 108 valence electrons. The third kappa shape index (κ3) is 3.08. The van der Waals surface area contributed by atoms with Crippen LogP contribution in [-0.2, 0) is 13.1 Å². The minimum absolute atomic E-state index is 0.155. The number of rotatable bonds is 5. The zero-order valence-corrected chi connectivity index (χ0v) is 12.2. The van der Waals surface area contributed by atoms with Gasteiger partial charge < -0.3 is 11.1 Å². The van der Waals surface area contributed by atoms with E-state index >= 15 is 0 Å². The van der Waals surface area contributed by atoms with E-state index < -0.39 is 11.2 Å². The Bertz CT molecular complexity index is 687.